The van der Waals surface area contributed by atoms with Crippen molar-refractivity contribution in [2.45, 2.75) is 44.9 Å². The van der Waals surface area contributed by atoms with E-state index in [9.17, 15) is 22.8 Å². The summed E-state index contributed by atoms with van der Waals surface area (Å²) in [5, 5.41) is 2.57. The molecule has 0 aliphatic carbocycles. The van der Waals surface area contributed by atoms with Crippen LogP contribution in [0, 0.1) is 0 Å². The topological polar surface area (TPSA) is 58.6 Å². The first-order valence-corrected chi connectivity index (χ1v) is 6.51. The molecule has 0 aromatic carbocycles. The largest absolute Gasteiger partial charge is 0.411 e. The highest BCUT2D eigenvalue weighted by Gasteiger charge is 2.37. The van der Waals surface area contributed by atoms with Crippen LogP contribution in [0.1, 0.15) is 26.7 Å². The van der Waals surface area contributed by atoms with Gasteiger partial charge in [0.25, 0.3) is 0 Å². The van der Waals surface area contributed by atoms with E-state index in [1.165, 1.54) is 4.90 Å². The maximum absolute atomic E-state index is 12.0. The summed E-state index contributed by atoms with van der Waals surface area (Å²) in [6.07, 6.45) is -3.62. The number of halogens is 3. The van der Waals surface area contributed by atoms with Gasteiger partial charge in [-0.15, -0.1) is 0 Å². The Kier molecular flexibility index (Phi) is 5.79. The minimum atomic E-state index is -4.35. The molecule has 0 aromatic heterocycles. The Morgan fingerprint density at radius 2 is 2.00 bits per heavy atom. The highest BCUT2D eigenvalue weighted by atomic mass is 19.4. The fraction of sp³-hybridized carbons (Fsp3) is 0.833. The molecule has 1 rings (SSSR count). The van der Waals surface area contributed by atoms with Gasteiger partial charge in [-0.1, -0.05) is 6.92 Å². The van der Waals surface area contributed by atoms with Crippen molar-refractivity contribution in [2.75, 3.05) is 19.8 Å². The molecule has 0 saturated carbocycles. The first-order chi connectivity index (χ1) is 9.26. The molecule has 1 aliphatic rings. The molecule has 2 unspecified atom stereocenters. The SMILES string of the molecule is CCC1C(=O)NC(C)C(=O)N1CCCOCC(F)(F)F. The Morgan fingerprint density at radius 3 is 2.55 bits per heavy atom. The lowest BCUT2D eigenvalue weighted by molar-refractivity contribution is -0.174. The molecule has 0 radical (unpaired) electrons. The fourth-order valence-electron chi connectivity index (χ4n) is 2.11. The van der Waals surface area contributed by atoms with Gasteiger partial charge in [0.15, 0.2) is 0 Å². The first kappa shape index (κ1) is 16.7. The number of nitrogens with one attached hydrogen (secondary N) is 1. The molecule has 1 N–H and O–H groups in total. The summed E-state index contributed by atoms with van der Waals surface area (Å²) < 4.78 is 40.1. The van der Waals surface area contributed by atoms with E-state index >= 15 is 0 Å². The summed E-state index contributed by atoms with van der Waals surface area (Å²) in [7, 11) is 0. The number of nitrogens with zero attached hydrogens (tertiary/aromatic N) is 1. The van der Waals surface area contributed by atoms with Crippen molar-refractivity contribution in [2.24, 2.45) is 0 Å². The Labute approximate surface area is 115 Å². The van der Waals surface area contributed by atoms with Crippen LogP contribution in [0.15, 0.2) is 0 Å². The van der Waals surface area contributed by atoms with E-state index in [1.54, 1.807) is 13.8 Å². The molecule has 0 bridgehead atoms. The number of rotatable bonds is 6. The molecular weight excluding hydrogens is 277 g/mol. The van der Waals surface area contributed by atoms with Crippen molar-refractivity contribution in [3.8, 4) is 0 Å². The third-order valence-electron chi connectivity index (χ3n) is 3.03. The van der Waals surface area contributed by atoms with Crippen LogP contribution >= 0.6 is 0 Å². The van der Waals surface area contributed by atoms with Crippen LogP contribution in [-0.4, -0.2) is 54.7 Å². The number of ether oxygens (including phenoxy) is 1. The second kappa shape index (κ2) is 6.92. The Hall–Kier alpha value is -1.31. The molecule has 1 fully saturated rings. The van der Waals surface area contributed by atoms with E-state index < -0.39 is 24.9 Å². The first-order valence-electron chi connectivity index (χ1n) is 6.51. The predicted octanol–water partition coefficient (Wildman–Crippen LogP) is 1.08. The lowest BCUT2D eigenvalue weighted by Crippen LogP contribution is -2.62. The normalized spacial score (nSPS) is 23.9. The highest BCUT2D eigenvalue weighted by Crippen LogP contribution is 2.16. The standard InChI is InChI=1S/C12H19F3N2O3/c1-3-9-10(18)16-8(2)11(19)17(9)5-4-6-20-7-12(13,14)15/h8-9H,3-7H2,1-2H3,(H,16,18). The van der Waals surface area contributed by atoms with E-state index in [0.29, 0.717) is 6.42 Å². The van der Waals surface area contributed by atoms with Gasteiger partial charge in [0, 0.05) is 13.2 Å². The van der Waals surface area contributed by atoms with Crippen LogP contribution in [0.2, 0.25) is 0 Å². The number of alkyl halides is 3. The molecular formula is C12H19F3N2O3. The molecule has 1 heterocycles. The van der Waals surface area contributed by atoms with Gasteiger partial charge in [0.05, 0.1) is 0 Å². The Bertz CT molecular complexity index is 360. The average Bonchev–Trinajstić information content (AvgIpc) is 2.33. The summed E-state index contributed by atoms with van der Waals surface area (Å²) in [5.74, 6) is -0.442. The zero-order valence-electron chi connectivity index (χ0n) is 11.5. The molecule has 8 heteroatoms. The third kappa shape index (κ3) is 4.66. The Balaban J connectivity index is 2.43. The number of piperazine rings is 1. The molecule has 116 valence electrons. The number of amides is 2. The van der Waals surface area contributed by atoms with Crippen molar-refractivity contribution in [1.29, 1.82) is 0 Å². The minimum absolute atomic E-state index is 0.101. The predicted molar refractivity (Wildman–Crippen MR) is 64.9 cm³/mol. The van der Waals surface area contributed by atoms with Crippen LogP contribution in [0.5, 0.6) is 0 Å². The van der Waals surface area contributed by atoms with E-state index in [1.807, 2.05) is 0 Å². The summed E-state index contributed by atoms with van der Waals surface area (Å²) >= 11 is 0. The van der Waals surface area contributed by atoms with Crippen molar-refractivity contribution >= 4 is 11.8 Å². The van der Waals surface area contributed by atoms with E-state index in [-0.39, 0.29) is 31.4 Å². The van der Waals surface area contributed by atoms with Crippen LogP contribution in [0.25, 0.3) is 0 Å². The van der Waals surface area contributed by atoms with Crippen LogP contribution in [-0.2, 0) is 14.3 Å². The van der Waals surface area contributed by atoms with Gasteiger partial charge >= 0.3 is 6.18 Å². The van der Waals surface area contributed by atoms with Gasteiger partial charge < -0.3 is 15.0 Å². The summed E-state index contributed by atoms with van der Waals surface area (Å²) in [4.78, 5) is 25.1. The van der Waals surface area contributed by atoms with Crippen molar-refractivity contribution in [1.82, 2.24) is 10.2 Å². The van der Waals surface area contributed by atoms with E-state index in [2.05, 4.69) is 10.1 Å². The molecule has 0 spiro atoms. The molecule has 1 saturated heterocycles. The van der Waals surface area contributed by atoms with Crippen molar-refractivity contribution < 1.29 is 27.5 Å². The van der Waals surface area contributed by atoms with Gasteiger partial charge in [-0.3, -0.25) is 9.59 Å². The summed E-state index contributed by atoms with van der Waals surface area (Å²) in [6, 6.07) is -1.15. The second-order valence-corrected chi connectivity index (χ2v) is 4.71. The summed E-state index contributed by atoms with van der Waals surface area (Å²) in [5.41, 5.74) is 0. The number of hydrogen-bond acceptors (Lipinski definition) is 3. The second-order valence-electron chi connectivity index (χ2n) is 4.71. The minimum Gasteiger partial charge on any atom is -0.372 e. The number of carbonyl (C=O) groups is 2. The third-order valence-corrected chi connectivity index (χ3v) is 3.03. The van der Waals surface area contributed by atoms with Crippen LogP contribution in [0.3, 0.4) is 0 Å². The quantitative estimate of drug-likeness (QED) is 0.746. The van der Waals surface area contributed by atoms with Crippen molar-refractivity contribution in [3.63, 3.8) is 0 Å². The van der Waals surface area contributed by atoms with Gasteiger partial charge in [0.1, 0.15) is 18.7 Å². The number of carbonyl (C=O) groups excluding carboxylic acids is 2. The molecule has 5 nitrogen and oxygen atoms in total. The fourth-order valence-corrected chi connectivity index (χ4v) is 2.11. The van der Waals surface area contributed by atoms with E-state index in [0.717, 1.165) is 0 Å². The molecule has 20 heavy (non-hydrogen) atoms. The smallest absolute Gasteiger partial charge is 0.372 e. The monoisotopic (exact) mass is 296 g/mol. The van der Waals surface area contributed by atoms with E-state index in [4.69, 9.17) is 0 Å². The molecule has 2 atom stereocenters. The van der Waals surface area contributed by atoms with Gasteiger partial charge in [-0.25, -0.2) is 0 Å². The van der Waals surface area contributed by atoms with Crippen LogP contribution in [0.4, 0.5) is 13.2 Å². The number of hydrogen-bond donors (Lipinski definition) is 1. The zero-order valence-corrected chi connectivity index (χ0v) is 11.5. The maximum atomic E-state index is 12.0. The zero-order chi connectivity index (χ0) is 15.3. The Morgan fingerprint density at radius 1 is 1.35 bits per heavy atom. The highest BCUT2D eigenvalue weighted by molar-refractivity contribution is 5.96. The molecule has 2 amide bonds. The maximum Gasteiger partial charge on any atom is 0.411 e. The molecule has 1 aliphatic heterocycles. The average molecular weight is 296 g/mol. The summed E-state index contributed by atoms with van der Waals surface area (Å²) in [6.45, 7) is 2.18. The van der Waals surface area contributed by atoms with Gasteiger partial charge in [-0.2, -0.15) is 13.2 Å². The van der Waals surface area contributed by atoms with Gasteiger partial charge in [0.2, 0.25) is 11.8 Å². The van der Waals surface area contributed by atoms with Crippen molar-refractivity contribution in [3.05, 3.63) is 0 Å². The van der Waals surface area contributed by atoms with Gasteiger partial charge in [-0.05, 0) is 19.8 Å². The lowest BCUT2D eigenvalue weighted by atomic mass is 10.1. The molecule has 0 aromatic rings. The van der Waals surface area contributed by atoms with Crippen LogP contribution < -0.4 is 5.32 Å². The lowest BCUT2D eigenvalue weighted by Gasteiger charge is -2.37.